The van der Waals surface area contributed by atoms with Crippen LogP contribution in [0.25, 0.3) is 0 Å². The van der Waals surface area contributed by atoms with Crippen molar-refractivity contribution in [3.8, 4) is 5.75 Å². The Labute approximate surface area is 194 Å². The van der Waals surface area contributed by atoms with Crippen LogP contribution in [0.3, 0.4) is 0 Å². The van der Waals surface area contributed by atoms with Crippen LogP contribution in [-0.2, 0) is 22.4 Å². The zero-order valence-electron chi connectivity index (χ0n) is 19.2. The number of rotatable bonds is 9. The monoisotopic (exact) mass is 454 g/mol. The summed E-state index contributed by atoms with van der Waals surface area (Å²) in [5.74, 6) is -0.995. The third-order valence-corrected chi connectivity index (χ3v) is 7.38. The van der Waals surface area contributed by atoms with Gasteiger partial charge in [0.1, 0.15) is 11.4 Å². The lowest BCUT2D eigenvalue weighted by molar-refractivity contribution is -0.175. The van der Waals surface area contributed by atoms with Gasteiger partial charge in [-0.15, -0.1) is 0 Å². The number of nitrogens with one attached hydrogen (secondary N) is 1. The van der Waals surface area contributed by atoms with Crippen molar-refractivity contribution in [2.24, 2.45) is 23.5 Å². The summed E-state index contributed by atoms with van der Waals surface area (Å²) in [6.45, 7) is 0.649. The Morgan fingerprint density at radius 3 is 2.45 bits per heavy atom. The number of carbonyl (C=O) groups excluding carboxylic acids is 2. The molecule has 1 saturated heterocycles. The van der Waals surface area contributed by atoms with E-state index in [9.17, 15) is 14.7 Å². The van der Waals surface area contributed by atoms with Gasteiger partial charge in [-0.2, -0.15) is 0 Å². The molecule has 0 spiro atoms. The quantitative estimate of drug-likeness (QED) is 0.536. The van der Waals surface area contributed by atoms with E-state index in [1.165, 1.54) is 6.42 Å². The fourth-order valence-corrected chi connectivity index (χ4v) is 5.39. The lowest BCUT2D eigenvalue weighted by Crippen LogP contribution is -2.68. The van der Waals surface area contributed by atoms with Gasteiger partial charge in [0.2, 0.25) is 11.8 Å². The molecule has 2 aliphatic rings. The smallest absolute Gasteiger partial charge is 0.227 e. The summed E-state index contributed by atoms with van der Waals surface area (Å²) in [6, 6.07) is 7.50. The van der Waals surface area contributed by atoms with Gasteiger partial charge in [0.15, 0.2) is 0 Å². The van der Waals surface area contributed by atoms with E-state index >= 15 is 0 Å². The number of aromatic nitrogens is 2. The number of β-amino-alcohol motifs (C(OH)–C–C–N with tert-alkyl or cyclic N) is 1. The second-order valence-corrected chi connectivity index (χ2v) is 9.58. The molecule has 1 saturated carbocycles. The van der Waals surface area contributed by atoms with Crippen LogP contribution in [0.5, 0.6) is 5.75 Å². The van der Waals surface area contributed by atoms with E-state index in [1.807, 2.05) is 24.3 Å². The van der Waals surface area contributed by atoms with Crippen LogP contribution in [-0.4, -0.2) is 57.6 Å². The molecule has 1 aromatic carbocycles. The Hall–Kier alpha value is -2.87. The van der Waals surface area contributed by atoms with Crippen LogP contribution in [0.4, 0.5) is 0 Å². The minimum atomic E-state index is -0.813. The Bertz CT molecular complexity index is 932. The number of hydrogen-bond donors (Lipinski definition) is 3. The first kappa shape index (κ1) is 23.3. The summed E-state index contributed by atoms with van der Waals surface area (Å²) in [5.41, 5.74) is 6.68. The van der Waals surface area contributed by atoms with Gasteiger partial charge in [-0.05, 0) is 42.9 Å². The SMILES string of the molecule is COc1ccc(C[C@H](C(=O)N2CC(O)(C3CCCCC3)C2)C(Cc2cnc[nH]2)C(N)=O)cc1. The molecule has 1 aliphatic heterocycles. The average molecular weight is 455 g/mol. The van der Waals surface area contributed by atoms with E-state index < -0.39 is 23.3 Å². The first-order valence-corrected chi connectivity index (χ1v) is 11.8. The first-order valence-electron chi connectivity index (χ1n) is 11.8. The normalized spacial score (nSPS) is 20.0. The third kappa shape index (κ3) is 5.21. The van der Waals surface area contributed by atoms with E-state index in [1.54, 1.807) is 24.5 Å². The Balaban J connectivity index is 1.53. The number of methoxy groups -OCH3 is 1. The first-order chi connectivity index (χ1) is 15.9. The molecule has 178 valence electrons. The summed E-state index contributed by atoms with van der Waals surface area (Å²) in [4.78, 5) is 34.9. The summed E-state index contributed by atoms with van der Waals surface area (Å²) >= 11 is 0. The van der Waals surface area contributed by atoms with Gasteiger partial charge < -0.3 is 25.5 Å². The lowest BCUT2D eigenvalue weighted by Gasteiger charge is -2.52. The number of nitrogens with zero attached hydrogens (tertiary/aromatic N) is 2. The molecule has 1 aliphatic carbocycles. The number of benzene rings is 1. The van der Waals surface area contributed by atoms with E-state index in [0.29, 0.717) is 25.9 Å². The average Bonchev–Trinajstić information content (AvgIpc) is 3.33. The molecule has 2 aromatic rings. The molecule has 2 amide bonds. The molecular weight excluding hydrogens is 420 g/mol. The fourth-order valence-electron chi connectivity index (χ4n) is 5.39. The lowest BCUT2D eigenvalue weighted by atomic mass is 9.72. The molecule has 2 fully saturated rings. The number of aliphatic hydroxyl groups is 1. The maximum atomic E-state index is 13.7. The zero-order valence-corrected chi connectivity index (χ0v) is 19.2. The molecule has 2 atom stereocenters. The molecule has 33 heavy (non-hydrogen) atoms. The number of nitrogens with two attached hydrogens (primary N) is 1. The van der Waals surface area contributed by atoms with Crippen molar-refractivity contribution in [1.29, 1.82) is 0 Å². The van der Waals surface area contributed by atoms with E-state index in [0.717, 1.165) is 42.7 Å². The number of likely N-dealkylation sites (tertiary alicyclic amines) is 1. The minimum Gasteiger partial charge on any atom is -0.497 e. The molecule has 0 radical (unpaired) electrons. The highest BCUT2D eigenvalue weighted by molar-refractivity contribution is 5.88. The largest absolute Gasteiger partial charge is 0.497 e. The molecule has 8 nitrogen and oxygen atoms in total. The van der Waals surface area contributed by atoms with Crippen LogP contribution in [0.2, 0.25) is 0 Å². The minimum absolute atomic E-state index is 0.130. The Morgan fingerprint density at radius 1 is 1.18 bits per heavy atom. The topological polar surface area (TPSA) is 122 Å². The highest BCUT2D eigenvalue weighted by Crippen LogP contribution is 2.39. The Kier molecular flexibility index (Phi) is 7.02. The second kappa shape index (κ2) is 9.95. The summed E-state index contributed by atoms with van der Waals surface area (Å²) in [7, 11) is 1.60. The van der Waals surface area contributed by atoms with E-state index in [4.69, 9.17) is 10.5 Å². The third-order valence-electron chi connectivity index (χ3n) is 7.38. The number of primary amides is 1. The molecule has 4 rings (SSSR count). The molecule has 4 N–H and O–H groups in total. The molecule has 0 bridgehead atoms. The summed E-state index contributed by atoms with van der Waals surface area (Å²) < 4.78 is 5.23. The predicted octanol–water partition coefficient (Wildman–Crippen LogP) is 2.07. The maximum Gasteiger partial charge on any atom is 0.227 e. The van der Waals surface area contributed by atoms with Gasteiger partial charge in [0.05, 0.1) is 38.4 Å². The van der Waals surface area contributed by atoms with Crippen LogP contribution in [0, 0.1) is 17.8 Å². The predicted molar refractivity (Wildman–Crippen MR) is 123 cm³/mol. The van der Waals surface area contributed by atoms with Gasteiger partial charge in [-0.3, -0.25) is 9.59 Å². The highest BCUT2D eigenvalue weighted by atomic mass is 16.5. The van der Waals surface area contributed by atoms with E-state index in [-0.39, 0.29) is 11.8 Å². The van der Waals surface area contributed by atoms with Gasteiger partial charge in [-0.1, -0.05) is 31.4 Å². The van der Waals surface area contributed by atoms with Crippen molar-refractivity contribution >= 4 is 11.8 Å². The van der Waals surface area contributed by atoms with Gasteiger partial charge in [0.25, 0.3) is 0 Å². The second-order valence-electron chi connectivity index (χ2n) is 9.58. The molecule has 2 heterocycles. The highest BCUT2D eigenvalue weighted by Gasteiger charge is 2.51. The van der Waals surface area contributed by atoms with Crippen molar-refractivity contribution in [3.05, 3.63) is 48.0 Å². The van der Waals surface area contributed by atoms with Crippen LogP contribution < -0.4 is 10.5 Å². The number of aromatic amines is 1. The summed E-state index contributed by atoms with van der Waals surface area (Å²) in [6.07, 6.45) is 9.39. The molecule has 1 unspecified atom stereocenters. The number of amides is 2. The molecular formula is C25H34N4O4. The number of ether oxygens (including phenoxy) is 1. The maximum absolute atomic E-state index is 13.7. The molecule has 1 aromatic heterocycles. The van der Waals surface area contributed by atoms with Crippen LogP contribution in [0.1, 0.15) is 43.4 Å². The van der Waals surface area contributed by atoms with E-state index in [2.05, 4.69) is 9.97 Å². The summed E-state index contributed by atoms with van der Waals surface area (Å²) in [5, 5.41) is 11.1. The number of H-pyrrole nitrogens is 1. The van der Waals surface area contributed by atoms with Crippen LogP contribution >= 0.6 is 0 Å². The van der Waals surface area contributed by atoms with Crippen molar-refractivity contribution in [2.75, 3.05) is 20.2 Å². The van der Waals surface area contributed by atoms with Crippen molar-refractivity contribution in [1.82, 2.24) is 14.9 Å². The zero-order chi connectivity index (χ0) is 23.4. The molecule has 8 heteroatoms. The van der Waals surface area contributed by atoms with Crippen molar-refractivity contribution < 1.29 is 19.4 Å². The number of hydrogen-bond acceptors (Lipinski definition) is 5. The van der Waals surface area contributed by atoms with Crippen molar-refractivity contribution in [3.63, 3.8) is 0 Å². The Morgan fingerprint density at radius 2 is 1.88 bits per heavy atom. The van der Waals surface area contributed by atoms with Gasteiger partial charge in [0, 0.05) is 18.3 Å². The number of carbonyl (C=O) groups is 2. The van der Waals surface area contributed by atoms with Crippen molar-refractivity contribution in [2.45, 2.75) is 50.5 Å². The number of imidazole rings is 1. The van der Waals surface area contributed by atoms with Crippen LogP contribution in [0.15, 0.2) is 36.8 Å². The van der Waals surface area contributed by atoms with Gasteiger partial charge in [-0.25, -0.2) is 4.98 Å². The standard InChI is InChI=1S/C25H34N4O4/c1-33-20-9-7-17(8-10-20)11-22(21(23(26)30)12-19-13-27-16-28-19)24(31)29-14-25(32,15-29)18-5-3-2-4-6-18/h7-10,13,16,18,21-22,32H,2-6,11-12,14-15H2,1H3,(H2,26,30)(H,27,28)/t21?,22-/m0/s1. The fraction of sp³-hybridized carbons (Fsp3) is 0.560. The van der Waals surface area contributed by atoms with Gasteiger partial charge >= 0.3 is 0 Å².